The van der Waals surface area contributed by atoms with E-state index in [0.717, 1.165) is 24.0 Å². The molecule has 0 fully saturated rings. The first-order chi connectivity index (χ1) is 13.2. The van der Waals surface area contributed by atoms with Crippen molar-refractivity contribution in [2.24, 2.45) is 0 Å². The van der Waals surface area contributed by atoms with Crippen molar-refractivity contribution >= 4 is 21.4 Å². The van der Waals surface area contributed by atoms with Gasteiger partial charge < -0.3 is 10.6 Å². The van der Waals surface area contributed by atoms with E-state index in [2.05, 4.69) is 28.8 Å². The molecule has 0 aromatic heterocycles. The normalized spacial score (nSPS) is 14.8. The van der Waals surface area contributed by atoms with E-state index in [0.29, 0.717) is 5.69 Å². The first kappa shape index (κ1) is 20.4. The van der Waals surface area contributed by atoms with Crippen LogP contribution >= 0.6 is 0 Å². The van der Waals surface area contributed by atoms with Gasteiger partial charge in [-0.1, -0.05) is 24.3 Å². The van der Waals surface area contributed by atoms with Gasteiger partial charge in [-0.15, -0.1) is 0 Å². The molecule has 0 aliphatic heterocycles. The summed E-state index contributed by atoms with van der Waals surface area (Å²) in [6.45, 7) is 3.95. The second kappa shape index (κ2) is 8.35. The molecule has 5 nitrogen and oxygen atoms in total. The van der Waals surface area contributed by atoms with Gasteiger partial charge in [0.15, 0.2) is 9.84 Å². The number of carbonyl (C=O) groups is 1. The molecule has 0 unspecified atom stereocenters. The van der Waals surface area contributed by atoms with Crippen LogP contribution in [0.1, 0.15) is 48.1 Å². The predicted molar refractivity (Wildman–Crippen MR) is 112 cm³/mol. The maximum atomic E-state index is 12.4. The van der Waals surface area contributed by atoms with Gasteiger partial charge in [-0.05, 0) is 73.9 Å². The number of nitrogens with one attached hydrogen (secondary N) is 2. The quantitative estimate of drug-likeness (QED) is 0.777. The van der Waals surface area contributed by atoms with E-state index in [1.165, 1.54) is 30.2 Å². The number of fused-ring (bicyclic) bond motifs is 1. The fourth-order valence-corrected chi connectivity index (χ4v) is 4.24. The molecule has 2 aromatic rings. The lowest BCUT2D eigenvalue weighted by atomic mass is 9.89. The van der Waals surface area contributed by atoms with Crippen LogP contribution < -0.4 is 10.6 Å². The largest absolute Gasteiger partial charge is 0.376 e. The number of anilines is 1. The zero-order chi connectivity index (χ0) is 20.3. The van der Waals surface area contributed by atoms with Crippen molar-refractivity contribution < 1.29 is 13.2 Å². The topological polar surface area (TPSA) is 75.3 Å². The Hall–Kier alpha value is -2.34. The molecular weight excluding hydrogens is 372 g/mol. The number of sulfone groups is 1. The molecule has 2 N–H and O–H groups in total. The van der Waals surface area contributed by atoms with Gasteiger partial charge in [0.1, 0.15) is 0 Å². The molecule has 0 radical (unpaired) electrons. The van der Waals surface area contributed by atoms with Gasteiger partial charge in [0.2, 0.25) is 5.91 Å². The van der Waals surface area contributed by atoms with Gasteiger partial charge in [-0.25, -0.2) is 8.42 Å². The van der Waals surface area contributed by atoms with E-state index in [9.17, 15) is 13.2 Å². The lowest BCUT2D eigenvalue weighted by molar-refractivity contribution is -0.120. The van der Waals surface area contributed by atoms with Crippen molar-refractivity contribution in [2.75, 3.05) is 18.1 Å². The van der Waals surface area contributed by atoms with Crippen LogP contribution in [0.4, 0.5) is 5.69 Å². The molecule has 6 heteroatoms. The summed E-state index contributed by atoms with van der Waals surface area (Å²) >= 11 is 0. The van der Waals surface area contributed by atoms with Crippen LogP contribution in [0.3, 0.4) is 0 Å². The van der Waals surface area contributed by atoms with Crippen LogP contribution in [-0.4, -0.2) is 27.1 Å². The maximum absolute atomic E-state index is 12.4. The van der Waals surface area contributed by atoms with Crippen molar-refractivity contribution in [1.29, 1.82) is 0 Å². The number of hydrogen-bond donors (Lipinski definition) is 2. The number of rotatable bonds is 6. The minimum absolute atomic E-state index is 0.0787. The van der Waals surface area contributed by atoms with Crippen LogP contribution in [-0.2, 0) is 27.5 Å². The summed E-state index contributed by atoms with van der Waals surface area (Å²) in [6.07, 6.45) is 5.92. The highest BCUT2D eigenvalue weighted by Gasteiger charge is 2.15. The van der Waals surface area contributed by atoms with Crippen molar-refractivity contribution in [1.82, 2.24) is 5.32 Å². The molecule has 150 valence electrons. The standard InChI is InChI=1S/C22H28N2O3S/c1-15-8-11-20(28(3,26)27)13-21(15)23-14-22(25)24-16(2)18-10-9-17-6-4-5-7-19(17)12-18/h8-13,16,23H,4-7,14H2,1-3H3,(H,24,25)/t16-/m0/s1. The Bertz CT molecular complexity index is 983. The molecule has 28 heavy (non-hydrogen) atoms. The van der Waals surface area contributed by atoms with Crippen molar-refractivity contribution in [2.45, 2.75) is 50.5 Å². The van der Waals surface area contributed by atoms with Gasteiger partial charge in [0.05, 0.1) is 17.5 Å². The highest BCUT2D eigenvalue weighted by molar-refractivity contribution is 7.90. The van der Waals surface area contributed by atoms with Crippen LogP contribution in [0.2, 0.25) is 0 Å². The number of carbonyl (C=O) groups excluding carboxylic acids is 1. The number of benzene rings is 2. The third-order valence-electron chi connectivity index (χ3n) is 5.33. The molecule has 1 aliphatic rings. The van der Waals surface area contributed by atoms with Gasteiger partial charge in [-0.3, -0.25) is 4.79 Å². The van der Waals surface area contributed by atoms with Gasteiger partial charge >= 0.3 is 0 Å². The van der Waals surface area contributed by atoms with E-state index in [-0.39, 0.29) is 23.4 Å². The van der Waals surface area contributed by atoms with E-state index < -0.39 is 9.84 Å². The van der Waals surface area contributed by atoms with E-state index in [4.69, 9.17) is 0 Å². The molecule has 0 spiro atoms. The molecule has 1 atom stereocenters. The maximum Gasteiger partial charge on any atom is 0.239 e. The monoisotopic (exact) mass is 400 g/mol. The van der Waals surface area contributed by atoms with Gasteiger partial charge in [0, 0.05) is 11.9 Å². The van der Waals surface area contributed by atoms with Crippen molar-refractivity contribution in [3.8, 4) is 0 Å². The van der Waals surface area contributed by atoms with Gasteiger partial charge in [-0.2, -0.15) is 0 Å². The lowest BCUT2D eigenvalue weighted by Crippen LogP contribution is -2.32. The van der Waals surface area contributed by atoms with E-state index >= 15 is 0 Å². The van der Waals surface area contributed by atoms with Gasteiger partial charge in [0.25, 0.3) is 0 Å². The minimum Gasteiger partial charge on any atom is -0.376 e. The summed E-state index contributed by atoms with van der Waals surface area (Å²) in [6, 6.07) is 11.3. The molecule has 0 saturated carbocycles. The number of hydrogen-bond acceptors (Lipinski definition) is 4. The fraction of sp³-hybridized carbons (Fsp3) is 0.409. The summed E-state index contributed by atoms with van der Waals surface area (Å²) in [5.41, 5.74) is 5.49. The summed E-state index contributed by atoms with van der Waals surface area (Å²) < 4.78 is 23.5. The van der Waals surface area contributed by atoms with Crippen LogP contribution in [0, 0.1) is 6.92 Å². The van der Waals surface area contributed by atoms with Crippen molar-refractivity contribution in [3.63, 3.8) is 0 Å². The smallest absolute Gasteiger partial charge is 0.239 e. The second-order valence-corrected chi connectivity index (χ2v) is 9.64. The summed E-state index contributed by atoms with van der Waals surface area (Å²) in [5.74, 6) is -0.130. The zero-order valence-electron chi connectivity index (χ0n) is 16.7. The van der Waals surface area contributed by atoms with E-state index in [1.54, 1.807) is 18.2 Å². The molecule has 2 aromatic carbocycles. The zero-order valence-corrected chi connectivity index (χ0v) is 17.5. The van der Waals surface area contributed by atoms with E-state index in [1.807, 2.05) is 13.8 Å². The Balaban J connectivity index is 1.61. The SMILES string of the molecule is Cc1ccc(S(C)(=O)=O)cc1NCC(=O)N[C@@H](C)c1ccc2c(c1)CCCC2. The molecule has 1 amide bonds. The summed E-state index contributed by atoms with van der Waals surface area (Å²) in [5, 5.41) is 6.07. The Labute approximate surface area is 167 Å². The minimum atomic E-state index is -3.28. The average Bonchev–Trinajstić information content (AvgIpc) is 2.66. The third kappa shape index (κ3) is 4.93. The Morgan fingerprint density at radius 3 is 2.50 bits per heavy atom. The fourth-order valence-electron chi connectivity index (χ4n) is 3.60. The molecule has 1 aliphatic carbocycles. The number of amides is 1. The molecule has 0 bridgehead atoms. The van der Waals surface area contributed by atoms with Crippen molar-refractivity contribution in [3.05, 3.63) is 58.7 Å². The summed E-state index contributed by atoms with van der Waals surface area (Å²) in [4.78, 5) is 12.6. The number of aryl methyl sites for hydroxylation is 3. The Kier molecular flexibility index (Phi) is 6.08. The van der Waals surface area contributed by atoms with Crippen LogP contribution in [0.5, 0.6) is 0 Å². The summed E-state index contributed by atoms with van der Waals surface area (Å²) in [7, 11) is -3.28. The molecule has 3 rings (SSSR count). The first-order valence-electron chi connectivity index (χ1n) is 9.69. The third-order valence-corrected chi connectivity index (χ3v) is 6.44. The average molecular weight is 401 g/mol. The van der Waals surface area contributed by atoms with Crippen LogP contribution in [0.15, 0.2) is 41.3 Å². The van der Waals surface area contributed by atoms with Crippen LogP contribution in [0.25, 0.3) is 0 Å². The first-order valence-corrected chi connectivity index (χ1v) is 11.6. The molecule has 0 heterocycles. The molecule has 0 saturated heterocycles. The Morgan fingerprint density at radius 1 is 1.07 bits per heavy atom. The predicted octanol–water partition coefficient (Wildman–Crippen LogP) is 3.57. The highest BCUT2D eigenvalue weighted by atomic mass is 32.2. The molecular formula is C22H28N2O3S. The Morgan fingerprint density at radius 2 is 1.79 bits per heavy atom. The highest BCUT2D eigenvalue weighted by Crippen LogP contribution is 2.25. The lowest BCUT2D eigenvalue weighted by Gasteiger charge is -2.20. The second-order valence-electron chi connectivity index (χ2n) is 7.63.